The van der Waals surface area contributed by atoms with E-state index in [0.29, 0.717) is 6.54 Å². The monoisotopic (exact) mass is 332 g/mol. The summed E-state index contributed by atoms with van der Waals surface area (Å²) in [6.45, 7) is 3.31. The van der Waals surface area contributed by atoms with Crippen LogP contribution in [-0.2, 0) is 9.59 Å². The van der Waals surface area contributed by atoms with Crippen LogP contribution in [0.5, 0.6) is 0 Å². The van der Waals surface area contributed by atoms with Gasteiger partial charge in [-0.15, -0.1) is 0 Å². The average Bonchev–Trinajstić information content (AvgIpc) is 2.59. The molecule has 0 saturated carbocycles. The number of unbranched alkanes of at least 4 members (excludes halogenated alkanes) is 5. The summed E-state index contributed by atoms with van der Waals surface area (Å²) in [7, 11) is 0. The van der Waals surface area contributed by atoms with Crippen molar-refractivity contribution < 1.29 is 9.59 Å². The molecule has 0 spiro atoms. The van der Waals surface area contributed by atoms with Gasteiger partial charge in [0.25, 0.3) is 0 Å². The highest BCUT2D eigenvalue weighted by Gasteiger charge is 2.10. The topological polar surface area (TPSA) is 97.0 Å². The molecule has 6 nitrogen and oxygen atoms in total. The van der Waals surface area contributed by atoms with Crippen LogP contribution in [0.2, 0.25) is 0 Å². The zero-order valence-electron chi connectivity index (χ0n) is 14.6. The molecule has 0 atom stereocenters. The highest BCUT2D eigenvalue weighted by atomic mass is 16.2. The number of hydrogen-bond acceptors (Lipinski definition) is 4. The van der Waals surface area contributed by atoms with Crippen molar-refractivity contribution >= 4 is 11.8 Å². The van der Waals surface area contributed by atoms with E-state index in [-0.39, 0.29) is 37.7 Å². The molecule has 0 aliphatic rings. The molecule has 0 aromatic rings. The molecule has 24 heavy (non-hydrogen) atoms. The minimum Gasteiger partial charge on any atom is -0.353 e. The maximum absolute atomic E-state index is 12.0. The Morgan fingerprint density at radius 3 is 2.12 bits per heavy atom. The van der Waals surface area contributed by atoms with Crippen molar-refractivity contribution in [3.63, 3.8) is 0 Å². The van der Waals surface area contributed by atoms with Gasteiger partial charge in [0.05, 0.1) is 25.0 Å². The van der Waals surface area contributed by atoms with Crippen LogP contribution in [-0.4, -0.2) is 36.3 Å². The third kappa shape index (κ3) is 12.2. The van der Waals surface area contributed by atoms with Crippen LogP contribution in [0.15, 0.2) is 12.2 Å². The lowest BCUT2D eigenvalue weighted by atomic mass is 10.1. The van der Waals surface area contributed by atoms with Crippen molar-refractivity contribution in [1.82, 2.24) is 10.2 Å². The molecule has 0 aromatic heterocycles. The van der Waals surface area contributed by atoms with Crippen molar-refractivity contribution in [2.75, 3.05) is 19.6 Å². The Kier molecular flexibility index (Phi) is 14.0. The second-order valence-corrected chi connectivity index (χ2v) is 5.53. The lowest BCUT2D eigenvalue weighted by molar-refractivity contribution is -0.126. The van der Waals surface area contributed by atoms with E-state index in [1.54, 1.807) is 0 Å². The molecule has 0 saturated heterocycles. The molecule has 6 heteroatoms. The van der Waals surface area contributed by atoms with Gasteiger partial charge >= 0.3 is 0 Å². The highest BCUT2D eigenvalue weighted by Crippen LogP contribution is 2.04. The van der Waals surface area contributed by atoms with Crippen LogP contribution in [0.3, 0.4) is 0 Å². The summed E-state index contributed by atoms with van der Waals surface area (Å²) in [4.78, 5) is 25.0. The first-order valence-corrected chi connectivity index (χ1v) is 8.64. The van der Waals surface area contributed by atoms with Crippen LogP contribution in [0, 0.1) is 22.7 Å². The summed E-state index contributed by atoms with van der Waals surface area (Å²) in [6.07, 6.45) is 9.75. The minimum absolute atomic E-state index is 0.204. The lowest BCUT2D eigenvalue weighted by Gasteiger charge is -2.18. The molecule has 0 aliphatic carbocycles. The molecule has 0 aromatic carbocycles. The molecule has 0 rings (SSSR count). The molecule has 0 heterocycles. The van der Waals surface area contributed by atoms with E-state index in [1.165, 1.54) is 42.7 Å². The molecular weight excluding hydrogens is 304 g/mol. The van der Waals surface area contributed by atoms with Crippen LogP contribution in [0.1, 0.15) is 58.3 Å². The van der Waals surface area contributed by atoms with Gasteiger partial charge in [-0.1, -0.05) is 39.0 Å². The quantitative estimate of drug-likeness (QED) is 0.414. The number of hydrogen-bond donors (Lipinski definition) is 1. The lowest BCUT2D eigenvalue weighted by Crippen LogP contribution is -2.32. The van der Waals surface area contributed by atoms with Crippen LogP contribution < -0.4 is 5.32 Å². The van der Waals surface area contributed by atoms with Gasteiger partial charge in [-0.3, -0.25) is 9.59 Å². The molecule has 0 radical (unpaired) electrons. The van der Waals surface area contributed by atoms with E-state index in [4.69, 9.17) is 10.5 Å². The third-order valence-corrected chi connectivity index (χ3v) is 3.51. The maximum Gasteiger partial charge on any atom is 0.246 e. The minimum atomic E-state index is -0.352. The summed E-state index contributed by atoms with van der Waals surface area (Å²) >= 11 is 0. The second kappa shape index (κ2) is 15.6. The Hall–Kier alpha value is -2.34. The summed E-state index contributed by atoms with van der Waals surface area (Å²) in [6, 6.07) is 3.93. The molecule has 0 bridgehead atoms. The fourth-order valence-electron chi connectivity index (χ4n) is 2.13. The predicted molar refractivity (Wildman–Crippen MR) is 92.6 cm³/mol. The molecule has 0 unspecified atom stereocenters. The maximum atomic E-state index is 12.0. The number of amides is 2. The Balaban J connectivity index is 4.05. The zero-order chi connectivity index (χ0) is 18.0. The van der Waals surface area contributed by atoms with Gasteiger partial charge in [0.15, 0.2) is 0 Å². The predicted octanol–water partition coefficient (Wildman–Crippen LogP) is 2.68. The van der Waals surface area contributed by atoms with Crippen molar-refractivity contribution in [2.45, 2.75) is 58.3 Å². The van der Waals surface area contributed by atoms with E-state index in [2.05, 4.69) is 12.2 Å². The van der Waals surface area contributed by atoms with Gasteiger partial charge in [-0.05, 0) is 6.42 Å². The van der Waals surface area contributed by atoms with Gasteiger partial charge in [-0.25, -0.2) is 0 Å². The molecule has 0 aliphatic heterocycles. The van der Waals surface area contributed by atoms with Gasteiger partial charge in [-0.2, -0.15) is 10.5 Å². The number of nitrogens with one attached hydrogen (secondary N) is 1. The normalized spacial score (nSPS) is 10.1. The fraction of sp³-hybridized carbons (Fsp3) is 0.667. The third-order valence-electron chi connectivity index (χ3n) is 3.51. The Morgan fingerprint density at radius 2 is 1.54 bits per heavy atom. The standard InChI is InChI=1S/C18H28N4O2/c1-2-3-4-5-6-7-14-21-17(23)10-11-18(24)22(15-8-12-19)16-9-13-20/h10-11H,2-9,14-16H2,1H3,(H,21,23). The van der Waals surface area contributed by atoms with E-state index >= 15 is 0 Å². The summed E-state index contributed by atoms with van der Waals surface area (Å²) in [5.41, 5.74) is 0. The average molecular weight is 332 g/mol. The van der Waals surface area contributed by atoms with E-state index in [9.17, 15) is 9.59 Å². The second-order valence-electron chi connectivity index (χ2n) is 5.53. The van der Waals surface area contributed by atoms with Crippen molar-refractivity contribution in [3.05, 3.63) is 12.2 Å². The number of nitriles is 2. The first-order valence-electron chi connectivity index (χ1n) is 8.64. The largest absolute Gasteiger partial charge is 0.353 e. The molecule has 0 fully saturated rings. The first kappa shape index (κ1) is 21.7. The Bertz CT molecular complexity index is 456. The Labute approximate surface area is 145 Å². The fourth-order valence-corrected chi connectivity index (χ4v) is 2.13. The van der Waals surface area contributed by atoms with Crippen molar-refractivity contribution in [2.24, 2.45) is 0 Å². The van der Waals surface area contributed by atoms with E-state index in [1.807, 2.05) is 12.1 Å². The van der Waals surface area contributed by atoms with Crippen molar-refractivity contribution in [3.8, 4) is 12.1 Å². The zero-order valence-corrected chi connectivity index (χ0v) is 14.6. The van der Waals surface area contributed by atoms with Crippen molar-refractivity contribution in [1.29, 1.82) is 10.5 Å². The number of carbonyl (C=O) groups excluding carboxylic acids is 2. The molecule has 2 amide bonds. The van der Waals surface area contributed by atoms with Gasteiger partial charge < -0.3 is 10.2 Å². The first-order chi connectivity index (χ1) is 11.7. The number of nitrogens with zero attached hydrogens (tertiary/aromatic N) is 3. The van der Waals surface area contributed by atoms with Gasteiger partial charge in [0.1, 0.15) is 0 Å². The molecular formula is C18H28N4O2. The molecule has 132 valence electrons. The summed E-state index contributed by atoms with van der Waals surface area (Å²) in [5.74, 6) is -0.646. The van der Waals surface area contributed by atoms with Crippen LogP contribution >= 0.6 is 0 Å². The smallest absolute Gasteiger partial charge is 0.246 e. The number of carbonyl (C=O) groups is 2. The van der Waals surface area contributed by atoms with Gasteiger partial charge in [0.2, 0.25) is 11.8 Å². The summed E-state index contributed by atoms with van der Waals surface area (Å²) in [5, 5.41) is 19.9. The number of rotatable bonds is 13. The van der Waals surface area contributed by atoms with E-state index in [0.717, 1.165) is 12.8 Å². The van der Waals surface area contributed by atoms with E-state index < -0.39 is 0 Å². The molecule has 1 N–H and O–H groups in total. The van der Waals surface area contributed by atoms with Gasteiger partial charge in [0, 0.05) is 31.8 Å². The van der Waals surface area contributed by atoms with Crippen LogP contribution in [0.25, 0.3) is 0 Å². The van der Waals surface area contributed by atoms with Crippen LogP contribution in [0.4, 0.5) is 0 Å². The SMILES string of the molecule is CCCCCCCCNC(=O)C=CC(=O)N(CCC#N)CCC#N. The Morgan fingerprint density at radius 1 is 0.958 bits per heavy atom. The highest BCUT2D eigenvalue weighted by molar-refractivity contribution is 5.96. The summed E-state index contributed by atoms with van der Waals surface area (Å²) < 4.78 is 0.